The molecule has 0 unspecified atom stereocenters. The Bertz CT molecular complexity index is 442. The molecule has 4 nitrogen and oxygen atoms in total. The average Bonchev–Trinajstić information content (AvgIpc) is 2.27. The number of amides is 1. The lowest BCUT2D eigenvalue weighted by Crippen LogP contribution is -2.30. The Morgan fingerprint density at radius 2 is 1.88 bits per heavy atom. The van der Waals surface area contributed by atoms with Gasteiger partial charge in [0.2, 0.25) is 5.91 Å². The first-order valence-corrected chi connectivity index (χ1v) is 6.89. The molecule has 1 aromatic rings. The molecule has 0 spiro atoms. The second-order valence-electron chi connectivity index (χ2n) is 3.17. The normalized spacial score (nSPS) is 11.1. The lowest BCUT2D eigenvalue weighted by molar-refractivity contribution is -0.119. The van der Waals surface area contributed by atoms with E-state index in [0.717, 1.165) is 0 Å². The molecule has 0 fully saturated rings. The molecule has 1 N–H and O–H groups in total. The number of carbonyl (C=O) groups is 1. The van der Waals surface area contributed by atoms with Gasteiger partial charge < -0.3 is 0 Å². The third kappa shape index (κ3) is 3.86. The number of sulfonamides is 1. The molecule has 0 saturated carbocycles. The molecule has 0 heterocycles. The molecule has 88 valence electrons. The van der Waals surface area contributed by atoms with Crippen molar-refractivity contribution in [2.45, 2.75) is 17.7 Å². The highest BCUT2D eigenvalue weighted by Gasteiger charge is 2.16. The molecule has 0 aliphatic heterocycles. The highest BCUT2D eigenvalue weighted by Crippen LogP contribution is 2.07. The summed E-state index contributed by atoms with van der Waals surface area (Å²) in [6.07, 6.45) is 0.717. The van der Waals surface area contributed by atoms with Gasteiger partial charge in [-0.25, -0.2) is 13.1 Å². The van der Waals surface area contributed by atoms with E-state index in [1.807, 2.05) is 4.72 Å². The topological polar surface area (TPSA) is 63.2 Å². The molecule has 0 bridgehead atoms. The van der Waals surface area contributed by atoms with Crippen molar-refractivity contribution in [2.24, 2.45) is 0 Å². The largest absolute Gasteiger partial charge is 0.274 e. The summed E-state index contributed by atoms with van der Waals surface area (Å²) < 4.78 is 25.3. The van der Waals surface area contributed by atoms with Crippen LogP contribution in [0.2, 0.25) is 0 Å². The van der Waals surface area contributed by atoms with Crippen molar-refractivity contribution < 1.29 is 13.2 Å². The molecule has 0 aliphatic rings. The van der Waals surface area contributed by atoms with Crippen molar-refractivity contribution in [3.05, 3.63) is 30.3 Å². The smallest absolute Gasteiger partial charge is 0.264 e. The highest BCUT2D eigenvalue weighted by atomic mass is 32.2. The number of hydrogen-bond acceptors (Lipinski definition) is 4. The number of rotatable bonds is 5. The maximum Gasteiger partial charge on any atom is 0.264 e. The standard InChI is InChI=1S/C10H13NO3S2/c12-10(7-4-8-15)11-16(13,14)9-5-2-1-3-6-9/h1-3,5-6,15H,4,7-8H2,(H,11,12). The number of hydrogen-bond donors (Lipinski definition) is 2. The first-order valence-electron chi connectivity index (χ1n) is 4.78. The summed E-state index contributed by atoms with van der Waals surface area (Å²) in [5.41, 5.74) is 0. The van der Waals surface area contributed by atoms with Gasteiger partial charge in [-0.15, -0.1) is 0 Å². The quantitative estimate of drug-likeness (QED) is 0.781. The molecule has 6 heteroatoms. The van der Waals surface area contributed by atoms with Crippen LogP contribution < -0.4 is 4.72 Å². The monoisotopic (exact) mass is 259 g/mol. The molecule has 16 heavy (non-hydrogen) atoms. The zero-order valence-electron chi connectivity index (χ0n) is 8.59. The molecule has 0 atom stereocenters. The van der Waals surface area contributed by atoms with Gasteiger partial charge in [0.15, 0.2) is 0 Å². The van der Waals surface area contributed by atoms with Crippen LogP contribution in [0, 0.1) is 0 Å². The molecule has 1 rings (SSSR count). The Balaban J connectivity index is 2.70. The van der Waals surface area contributed by atoms with Crippen LogP contribution in [0.25, 0.3) is 0 Å². The Hall–Kier alpha value is -1.01. The minimum Gasteiger partial charge on any atom is -0.274 e. The van der Waals surface area contributed by atoms with Crippen LogP contribution in [0.3, 0.4) is 0 Å². The van der Waals surface area contributed by atoms with E-state index in [4.69, 9.17) is 0 Å². The van der Waals surface area contributed by atoms with Crippen LogP contribution in [-0.2, 0) is 14.8 Å². The second-order valence-corrected chi connectivity index (χ2v) is 5.30. The van der Waals surface area contributed by atoms with Gasteiger partial charge >= 0.3 is 0 Å². The van der Waals surface area contributed by atoms with Gasteiger partial charge in [0.05, 0.1) is 4.90 Å². The number of benzene rings is 1. The zero-order valence-corrected chi connectivity index (χ0v) is 10.3. The summed E-state index contributed by atoms with van der Waals surface area (Å²) in [5, 5.41) is 0. The van der Waals surface area contributed by atoms with Crippen molar-refractivity contribution >= 4 is 28.6 Å². The number of carbonyl (C=O) groups excluding carboxylic acids is 1. The Morgan fingerprint density at radius 1 is 1.25 bits per heavy atom. The summed E-state index contributed by atoms with van der Waals surface area (Å²) in [6.45, 7) is 0. The lowest BCUT2D eigenvalue weighted by atomic mass is 10.3. The molecule has 1 aromatic carbocycles. The predicted molar refractivity (Wildman–Crippen MR) is 64.9 cm³/mol. The van der Waals surface area contributed by atoms with Crippen LogP contribution >= 0.6 is 12.6 Å². The molecule has 0 aromatic heterocycles. The zero-order chi connectivity index (χ0) is 12.0. The van der Waals surface area contributed by atoms with Crippen LogP contribution in [0.1, 0.15) is 12.8 Å². The first kappa shape index (κ1) is 13.1. The maximum atomic E-state index is 11.7. The van der Waals surface area contributed by atoms with E-state index >= 15 is 0 Å². The van der Waals surface area contributed by atoms with Crippen molar-refractivity contribution in [1.29, 1.82) is 0 Å². The summed E-state index contributed by atoms with van der Waals surface area (Å²) in [7, 11) is -3.71. The Morgan fingerprint density at radius 3 is 2.44 bits per heavy atom. The molecule has 1 amide bonds. The second kappa shape index (κ2) is 5.91. The van der Waals surface area contributed by atoms with E-state index in [2.05, 4.69) is 12.6 Å². The van der Waals surface area contributed by atoms with Crippen LogP contribution in [0.15, 0.2) is 35.2 Å². The number of thiol groups is 1. The van der Waals surface area contributed by atoms with E-state index in [1.165, 1.54) is 12.1 Å². The van der Waals surface area contributed by atoms with Gasteiger partial charge in [-0.1, -0.05) is 18.2 Å². The maximum absolute atomic E-state index is 11.7. The van der Waals surface area contributed by atoms with E-state index in [-0.39, 0.29) is 11.3 Å². The Labute approximate surface area is 101 Å². The van der Waals surface area contributed by atoms with Gasteiger partial charge in [0, 0.05) is 6.42 Å². The molecule has 0 saturated heterocycles. The SMILES string of the molecule is O=C(CCCS)NS(=O)(=O)c1ccccc1. The van der Waals surface area contributed by atoms with Crippen LogP contribution in [0.4, 0.5) is 0 Å². The fourth-order valence-corrected chi connectivity index (χ4v) is 2.29. The van der Waals surface area contributed by atoms with E-state index in [9.17, 15) is 13.2 Å². The van der Waals surface area contributed by atoms with E-state index < -0.39 is 15.9 Å². The third-order valence-electron chi connectivity index (χ3n) is 1.86. The van der Waals surface area contributed by atoms with Crippen LogP contribution in [-0.4, -0.2) is 20.1 Å². The van der Waals surface area contributed by atoms with E-state index in [0.29, 0.717) is 12.2 Å². The molecular formula is C10H13NO3S2. The fourth-order valence-electron chi connectivity index (χ4n) is 1.10. The average molecular weight is 259 g/mol. The number of nitrogens with one attached hydrogen (secondary N) is 1. The third-order valence-corrected chi connectivity index (χ3v) is 3.57. The van der Waals surface area contributed by atoms with Crippen molar-refractivity contribution in [3.8, 4) is 0 Å². The summed E-state index contributed by atoms with van der Waals surface area (Å²) in [6, 6.07) is 7.80. The highest BCUT2D eigenvalue weighted by molar-refractivity contribution is 7.90. The lowest BCUT2D eigenvalue weighted by Gasteiger charge is -2.05. The van der Waals surface area contributed by atoms with Crippen molar-refractivity contribution in [1.82, 2.24) is 4.72 Å². The fraction of sp³-hybridized carbons (Fsp3) is 0.300. The van der Waals surface area contributed by atoms with Crippen molar-refractivity contribution in [3.63, 3.8) is 0 Å². The van der Waals surface area contributed by atoms with Gasteiger partial charge in [0.1, 0.15) is 0 Å². The van der Waals surface area contributed by atoms with Gasteiger partial charge in [-0.3, -0.25) is 4.79 Å². The van der Waals surface area contributed by atoms with Gasteiger partial charge in [-0.2, -0.15) is 12.6 Å². The summed E-state index contributed by atoms with van der Waals surface area (Å²) >= 11 is 3.95. The molecule has 0 aliphatic carbocycles. The molecule has 0 radical (unpaired) electrons. The Kier molecular flexibility index (Phi) is 4.82. The minimum atomic E-state index is -3.71. The predicted octanol–water partition coefficient (Wildman–Crippen LogP) is 1.20. The summed E-state index contributed by atoms with van der Waals surface area (Å²) in [4.78, 5) is 11.4. The van der Waals surface area contributed by atoms with Gasteiger partial charge in [0.25, 0.3) is 10.0 Å². The first-order chi connectivity index (χ1) is 7.56. The molecular weight excluding hydrogens is 246 g/mol. The van der Waals surface area contributed by atoms with E-state index in [1.54, 1.807) is 18.2 Å². The minimum absolute atomic E-state index is 0.0919. The summed E-state index contributed by atoms with van der Waals surface area (Å²) in [5.74, 6) is 0.0524. The van der Waals surface area contributed by atoms with Crippen molar-refractivity contribution in [2.75, 3.05) is 5.75 Å². The van der Waals surface area contributed by atoms with Crippen LogP contribution in [0.5, 0.6) is 0 Å². The van der Waals surface area contributed by atoms with Gasteiger partial charge in [-0.05, 0) is 24.3 Å².